The summed E-state index contributed by atoms with van der Waals surface area (Å²) in [6.07, 6.45) is 7.33. The molecule has 0 fully saturated rings. The van der Waals surface area contributed by atoms with Gasteiger partial charge in [0.1, 0.15) is 33.5 Å². The number of aromatic nitrogens is 8. The first-order valence-electron chi connectivity index (χ1n) is 39.9. The zero-order valence-electron chi connectivity index (χ0n) is 64.2. The van der Waals surface area contributed by atoms with Gasteiger partial charge in [-0.05, 0) is 196 Å². The first-order chi connectivity index (χ1) is 59.8. The predicted molar refractivity (Wildman–Crippen MR) is 485 cm³/mol. The molecule has 13 nitrogen and oxygen atoms in total. The fraction of sp³-hybridized carbons (Fsp3) is 0. The third-order valence-electron chi connectivity index (χ3n) is 23.7. The van der Waals surface area contributed by atoms with Gasteiger partial charge in [0.25, 0.3) is 0 Å². The zero-order valence-corrected chi connectivity index (χ0v) is 64.2. The number of hydrogen-bond acceptors (Lipinski definition) is 13. The van der Waals surface area contributed by atoms with E-state index in [2.05, 4.69) is 242 Å². The molecule has 0 bridgehead atoms. The van der Waals surface area contributed by atoms with E-state index in [0.29, 0.717) is 44.5 Å². The van der Waals surface area contributed by atoms with Crippen LogP contribution in [0.5, 0.6) is 0 Å². The summed E-state index contributed by atoms with van der Waals surface area (Å²) in [6, 6.07) is 116. The van der Waals surface area contributed by atoms with Crippen LogP contribution < -0.4 is 0 Å². The Hall–Kier alpha value is -17.0. The van der Waals surface area contributed by atoms with Crippen LogP contribution in [0.1, 0.15) is 11.1 Å². The molecule has 0 atom stereocenters. The third-order valence-corrected chi connectivity index (χ3v) is 23.7. The van der Waals surface area contributed by atoms with Crippen LogP contribution in [0.4, 0.5) is 0 Å². The molecule has 11 heterocycles. The molecule has 558 valence electrons. The van der Waals surface area contributed by atoms with Gasteiger partial charge in [-0.1, -0.05) is 176 Å². The highest BCUT2D eigenvalue weighted by atomic mass is 16.3. The Morgan fingerprint density at radius 1 is 0.207 bits per heavy atom. The lowest BCUT2D eigenvalue weighted by molar-refractivity contribution is 0.669. The molecule has 13 heteroatoms. The summed E-state index contributed by atoms with van der Waals surface area (Å²) in [5.74, 6) is 0. The van der Waals surface area contributed by atoms with Crippen LogP contribution in [0.25, 0.3) is 254 Å². The maximum atomic E-state index is 10.4. The second kappa shape index (κ2) is 27.3. The molecular weight excluding hydrogens is 1490 g/mol. The van der Waals surface area contributed by atoms with Crippen molar-refractivity contribution in [3.63, 3.8) is 0 Å². The zero-order chi connectivity index (χ0) is 79.9. The van der Waals surface area contributed by atoms with E-state index in [1.807, 2.05) is 116 Å². The van der Waals surface area contributed by atoms with E-state index in [4.69, 9.17) is 48.1 Å². The van der Waals surface area contributed by atoms with Crippen molar-refractivity contribution in [3.8, 4) is 135 Å². The molecule has 0 saturated carbocycles. The van der Waals surface area contributed by atoms with Crippen LogP contribution in [0.15, 0.2) is 366 Å². The van der Waals surface area contributed by atoms with Gasteiger partial charge in [-0.3, -0.25) is 19.9 Å². The number of fused-ring (bicyclic) bond motifs is 18. The molecule has 11 aromatic heterocycles. The summed E-state index contributed by atoms with van der Waals surface area (Å²) in [7, 11) is 0. The predicted octanol–water partition coefficient (Wildman–Crippen LogP) is 27.5. The van der Waals surface area contributed by atoms with Crippen LogP contribution in [-0.2, 0) is 0 Å². The molecule has 0 unspecified atom stereocenters. The molecule has 0 spiro atoms. The van der Waals surface area contributed by atoms with Crippen molar-refractivity contribution >= 4 is 131 Å². The highest BCUT2D eigenvalue weighted by Gasteiger charge is 2.26. The Morgan fingerprint density at radius 3 is 1.21 bits per heavy atom. The lowest BCUT2D eigenvalue weighted by Crippen LogP contribution is -1.94. The smallest absolute Gasteiger partial charge is 0.143 e. The van der Waals surface area contributed by atoms with E-state index >= 15 is 0 Å². The monoisotopic (exact) mass is 1540 g/mol. The van der Waals surface area contributed by atoms with Gasteiger partial charge in [0.05, 0.1) is 90.5 Å². The molecule has 0 N–H and O–H groups in total. The van der Waals surface area contributed by atoms with Crippen LogP contribution in [-0.4, -0.2) is 39.9 Å². The number of nitrogens with zero attached hydrogens (tertiary/aromatic N) is 10. The topological polar surface area (TPSA) is 190 Å². The molecule has 0 radical (unpaired) electrons. The van der Waals surface area contributed by atoms with Crippen LogP contribution in [0.2, 0.25) is 0 Å². The third kappa shape index (κ3) is 11.3. The quantitative estimate of drug-likeness (QED) is 0.111. The Balaban J connectivity index is 0.652. The average molecular weight is 1540 g/mol. The summed E-state index contributed by atoms with van der Waals surface area (Å²) >= 11 is 0. The molecular formula is C108H58N10O3. The van der Waals surface area contributed by atoms with Gasteiger partial charge in [-0.25, -0.2) is 19.9 Å². The van der Waals surface area contributed by atoms with Gasteiger partial charge in [0.15, 0.2) is 0 Å². The highest BCUT2D eigenvalue weighted by molar-refractivity contribution is 6.23. The molecule has 24 rings (SSSR count). The lowest BCUT2D eigenvalue weighted by Gasteiger charge is -2.14. The van der Waals surface area contributed by atoms with Gasteiger partial charge in [-0.2, -0.15) is 10.5 Å². The van der Waals surface area contributed by atoms with Crippen LogP contribution >= 0.6 is 0 Å². The number of nitriles is 2. The standard InChI is InChI=1S/C108H58N10O3/c109-59-61-52-62(60-110)54-75(53-61)78-38-40-83(108-100(78)87-57-73(33-46-96(87)121-108)90-41-29-69-26-25-68-12-9-50-113-101(68)102(69)115-90)84-58-93(65-10-2-1-3-11-65)118-106-81(84)36-28-71-31-43-92(117-104(71)106)74-34-45-95-86(56-74)99-77(64-19-23-67(24-20-64)89-15-5-7-49-112-89)37-39-82(107(99)120-95)79-47-51-114-105-80(79)35-27-70-30-42-91(116-103(70)105)72-32-44-94-85(55-72)98-76(13-8-16-97(98)119-94)63-17-21-66(22-18-63)88-14-4-6-48-111-88/h1-58H. The van der Waals surface area contributed by atoms with E-state index < -0.39 is 0 Å². The van der Waals surface area contributed by atoms with Gasteiger partial charge in [-0.15, -0.1) is 0 Å². The van der Waals surface area contributed by atoms with E-state index in [0.717, 1.165) is 221 Å². The highest BCUT2D eigenvalue weighted by Crippen LogP contribution is 2.50. The number of hydrogen-bond donors (Lipinski definition) is 0. The molecule has 121 heavy (non-hydrogen) atoms. The number of benzene rings is 13. The summed E-state index contributed by atoms with van der Waals surface area (Å²) in [4.78, 5) is 41.2. The van der Waals surface area contributed by atoms with Gasteiger partial charge in [0, 0.05) is 134 Å². The Bertz CT molecular complexity index is 8570. The Labute approximate surface area is 689 Å². The van der Waals surface area contributed by atoms with E-state index in [-0.39, 0.29) is 0 Å². The summed E-state index contributed by atoms with van der Waals surface area (Å²) in [5.41, 5.74) is 29.5. The Morgan fingerprint density at radius 2 is 0.645 bits per heavy atom. The second-order valence-corrected chi connectivity index (χ2v) is 30.6. The molecule has 24 aromatic rings. The van der Waals surface area contributed by atoms with Crippen molar-refractivity contribution in [2.24, 2.45) is 0 Å². The molecule has 0 amide bonds. The molecule has 0 aliphatic carbocycles. The first kappa shape index (κ1) is 68.4. The number of rotatable bonds is 11. The normalized spacial score (nSPS) is 11.8. The Kier molecular flexibility index (Phi) is 15.5. The van der Waals surface area contributed by atoms with E-state index in [1.165, 1.54) is 0 Å². The van der Waals surface area contributed by atoms with Gasteiger partial charge in [0.2, 0.25) is 0 Å². The minimum Gasteiger partial charge on any atom is -0.456 e. The van der Waals surface area contributed by atoms with Gasteiger partial charge >= 0.3 is 0 Å². The second-order valence-electron chi connectivity index (χ2n) is 30.6. The SMILES string of the molecule is N#Cc1cc(C#N)cc(-c2ccc(-c3cc(-c4ccccc4)nc4c3ccc3ccc(-c5ccc6oc7c(-c8ccnc9c8ccc8ccc(-c%10ccc%11oc%12cccc(-c%13ccc(-c%14ccccn%14)cc%13)c%12c%11c%10)nc89)ccc(-c8ccc(-c9ccccn9)cc8)c7c6c5)nc34)c3oc4ccc(-c5ccc6ccc7cccnc7c6n5)cc4c23)c1. The lowest BCUT2D eigenvalue weighted by atomic mass is 9.91. The van der Waals surface area contributed by atoms with E-state index in [1.54, 1.807) is 12.3 Å². The molecule has 0 aliphatic rings. The largest absolute Gasteiger partial charge is 0.456 e. The van der Waals surface area contributed by atoms with Gasteiger partial charge < -0.3 is 13.3 Å². The fourth-order valence-electron chi connectivity index (χ4n) is 17.9. The number of pyridine rings is 8. The summed E-state index contributed by atoms with van der Waals surface area (Å²) in [6.45, 7) is 0. The summed E-state index contributed by atoms with van der Waals surface area (Å²) in [5, 5.41) is 32.0. The first-order valence-corrected chi connectivity index (χ1v) is 39.9. The van der Waals surface area contributed by atoms with Crippen molar-refractivity contribution in [3.05, 3.63) is 363 Å². The maximum Gasteiger partial charge on any atom is 0.143 e. The van der Waals surface area contributed by atoms with Crippen molar-refractivity contribution in [2.75, 3.05) is 0 Å². The minimum atomic E-state index is 0.372. The molecule has 0 saturated heterocycles. The molecule has 0 aliphatic heterocycles. The maximum absolute atomic E-state index is 10.4. The average Bonchev–Trinajstić information content (AvgIpc) is 1.58. The fourth-order valence-corrected chi connectivity index (χ4v) is 17.9. The van der Waals surface area contributed by atoms with Crippen molar-refractivity contribution in [2.45, 2.75) is 0 Å². The van der Waals surface area contributed by atoms with Crippen LogP contribution in [0.3, 0.4) is 0 Å². The minimum absolute atomic E-state index is 0.372. The molecule has 13 aromatic carbocycles. The van der Waals surface area contributed by atoms with Crippen LogP contribution in [0, 0.1) is 22.7 Å². The van der Waals surface area contributed by atoms with E-state index in [9.17, 15) is 10.5 Å². The van der Waals surface area contributed by atoms with Crippen molar-refractivity contribution < 1.29 is 13.3 Å². The number of furan rings is 3. The summed E-state index contributed by atoms with van der Waals surface area (Å²) < 4.78 is 21.1. The van der Waals surface area contributed by atoms with Crippen molar-refractivity contribution in [1.82, 2.24) is 39.9 Å². The van der Waals surface area contributed by atoms with Crippen molar-refractivity contribution in [1.29, 1.82) is 10.5 Å².